The average molecular weight is 365 g/mol. The molecular weight excluding hydrogens is 350 g/mol. The molecule has 1 amide bonds. The Hall–Kier alpha value is -2.19. The van der Waals surface area contributed by atoms with Crippen LogP contribution in [0.5, 0.6) is 0 Å². The first-order valence-electron chi connectivity index (χ1n) is 7.05. The van der Waals surface area contributed by atoms with Gasteiger partial charge in [-0.15, -0.1) is 0 Å². The Kier molecular flexibility index (Phi) is 5.40. The molecule has 0 aliphatic carbocycles. The molecule has 6 nitrogen and oxygen atoms in total. The normalized spacial score (nSPS) is 17.6. The standard InChI is InChI=1S/C16H15NO5S2/c1-8(2)12(15(21)22)17-13(18)11(24-16(17)23)7-9-3-5-10(6-4-9)14(19)20/h3-8,12H,1-2H3,(H,19,20)(H,21,22)/b11-7+. The van der Waals surface area contributed by atoms with Gasteiger partial charge in [0.05, 0.1) is 10.5 Å². The summed E-state index contributed by atoms with van der Waals surface area (Å²) in [7, 11) is 0. The van der Waals surface area contributed by atoms with Crippen molar-refractivity contribution >= 4 is 52.2 Å². The molecule has 0 bridgehead atoms. The van der Waals surface area contributed by atoms with Gasteiger partial charge in [-0.2, -0.15) is 0 Å². The molecule has 0 aromatic heterocycles. The van der Waals surface area contributed by atoms with Crippen LogP contribution in [0.25, 0.3) is 6.08 Å². The zero-order valence-electron chi connectivity index (χ0n) is 12.9. The topological polar surface area (TPSA) is 94.9 Å². The third-order valence-corrected chi connectivity index (χ3v) is 4.77. The number of carbonyl (C=O) groups excluding carboxylic acids is 1. The molecule has 1 aliphatic rings. The maximum Gasteiger partial charge on any atom is 0.335 e. The summed E-state index contributed by atoms with van der Waals surface area (Å²) in [5, 5.41) is 18.2. The number of thioether (sulfide) groups is 1. The van der Waals surface area contributed by atoms with Crippen LogP contribution >= 0.6 is 24.0 Å². The number of carbonyl (C=O) groups is 3. The van der Waals surface area contributed by atoms with Crippen LogP contribution in [0.4, 0.5) is 0 Å². The molecule has 0 saturated carbocycles. The molecule has 1 atom stereocenters. The number of aromatic carboxylic acids is 1. The maximum absolute atomic E-state index is 12.5. The first-order chi connectivity index (χ1) is 11.2. The summed E-state index contributed by atoms with van der Waals surface area (Å²) in [4.78, 5) is 36.3. The number of nitrogens with zero attached hydrogens (tertiary/aromatic N) is 1. The van der Waals surface area contributed by atoms with Crippen LogP contribution in [-0.2, 0) is 9.59 Å². The molecule has 1 unspecified atom stereocenters. The lowest BCUT2D eigenvalue weighted by atomic mass is 10.0. The second-order valence-corrected chi connectivity index (χ2v) is 7.18. The largest absolute Gasteiger partial charge is 0.480 e. The Morgan fingerprint density at radius 2 is 1.79 bits per heavy atom. The van der Waals surface area contributed by atoms with Crippen molar-refractivity contribution in [1.82, 2.24) is 4.90 Å². The summed E-state index contributed by atoms with van der Waals surface area (Å²) in [6.45, 7) is 3.43. The lowest BCUT2D eigenvalue weighted by Gasteiger charge is -2.26. The maximum atomic E-state index is 12.5. The van der Waals surface area contributed by atoms with Crippen LogP contribution in [0.1, 0.15) is 29.8 Å². The highest BCUT2D eigenvalue weighted by Crippen LogP contribution is 2.35. The molecule has 2 N–H and O–H groups in total. The predicted molar refractivity (Wildman–Crippen MR) is 94.7 cm³/mol. The van der Waals surface area contributed by atoms with Gasteiger partial charge < -0.3 is 10.2 Å². The van der Waals surface area contributed by atoms with E-state index >= 15 is 0 Å². The van der Waals surface area contributed by atoms with E-state index in [0.29, 0.717) is 10.5 Å². The van der Waals surface area contributed by atoms with Gasteiger partial charge in [0.25, 0.3) is 5.91 Å². The molecule has 0 spiro atoms. The molecule has 1 aliphatic heterocycles. The van der Waals surface area contributed by atoms with E-state index in [2.05, 4.69) is 0 Å². The lowest BCUT2D eigenvalue weighted by Crippen LogP contribution is -2.47. The van der Waals surface area contributed by atoms with Crippen molar-refractivity contribution in [1.29, 1.82) is 0 Å². The number of amides is 1. The molecule has 24 heavy (non-hydrogen) atoms. The predicted octanol–water partition coefficient (Wildman–Crippen LogP) is 2.70. The van der Waals surface area contributed by atoms with Crippen LogP contribution < -0.4 is 0 Å². The molecule has 2 rings (SSSR count). The van der Waals surface area contributed by atoms with Crippen molar-refractivity contribution in [3.63, 3.8) is 0 Å². The minimum absolute atomic E-state index is 0.144. The second-order valence-electron chi connectivity index (χ2n) is 5.51. The van der Waals surface area contributed by atoms with Gasteiger partial charge in [-0.1, -0.05) is 50.0 Å². The van der Waals surface area contributed by atoms with Crippen LogP contribution in [0.15, 0.2) is 29.2 Å². The summed E-state index contributed by atoms with van der Waals surface area (Å²) in [5.41, 5.74) is 0.780. The molecule has 1 heterocycles. The first kappa shape index (κ1) is 18.2. The van der Waals surface area contributed by atoms with Crippen molar-refractivity contribution in [2.45, 2.75) is 19.9 Å². The number of carboxylic acid groups (broad SMARTS) is 2. The van der Waals surface area contributed by atoms with Gasteiger partial charge in [-0.25, -0.2) is 9.59 Å². The number of hydrogen-bond acceptors (Lipinski definition) is 5. The van der Waals surface area contributed by atoms with E-state index in [4.69, 9.17) is 17.3 Å². The molecular formula is C16H15NO5S2. The molecule has 8 heteroatoms. The fraction of sp³-hybridized carbons (Fsp3) is 0.250. The molecule has 1 aromatic rings. The van der Waals surface area contributed by atoms with Gasteiger partial charge in [0.1, 0.15) is 10.4 Å². The number of rotatable bonds is 5. The summed E-state index contributed by atoms with van der Waals surface area (Å²) in [5.74, 6) is -2.88. The minimum atomic E-state index is -1.10. The number of hydrogen-bond donors (Lipinski definition) is 2. The van der Waals surface area contributed by atoms with Crippen LogP contribution in [0.2, 0.25) is 0 Å². The van der Waals surface area contributed by atoms with Crippen molar-refractivity contribution in [2.75, 3.05) is 0 Å². The highest BCUT2D eigenvalue weighted by molar-refractivity contribution is 8.26. The fourth-order valence-electron chi connectivity index (χ4n) is 2.29. The van der Waals surface area contributed by atoms with E-state index < -0.39 is 23.9 Å². The Balaban J connectivity index is 2.30. The quantitative estimate of drug-likeness (QED) is 0.612. The third-order valence-electron chi connectivity index (χ3n) is 3.44. The number of carboxylic acids is 2. The van der Waals surface area contributed by atoms with Gasteiger partial charge in [-0.3, -0.25) is 9.69 Å². The highest BCUT2D eigenvalue weighted by atomic mass is 32.2. The van der Waals surface area contributed by atoms with Gasteiger partial charge >= 0.3 is 11.9 Å². The highest BCUT2D eigenvalue weighted by Gasteiger charge is 2.41. The summed E-state index contributed by atoms with van der Waals surface area (Å²) < 4.78 is 0.203. The lowest BCUT2D eigenvalue weighted by molar-refractivity contribution is -0.146. The monoisotopic (exact) mass is 365 g/mol. The Labute approximate surface area is 148 Å². The van der Waals surface area contributed by atoms with E-state index in [9.17, 15) is 19.5 Å². The molecule has 1 fully saturated rings. The van der Waals surface area contributed by atoms with E-state index in [-0.39, 0.29) is 15.8 Å². The van der Waals surface area contributed by atoms with Crippen LogP contribution in [-0.4, -0.2) is 43.3 Å². The van der Waals surface area contributed by atoms with Crippen molar-refractivity contribution in [3.8, 4) is 0 Å². The van der Waals surface area contributed by atoms with Crippen molar-refractivity contribution in [3.05, 3.63) is 40.3 Å². The third kappa shape index (κ3) is 3.65. The number of thiocarbonyl (C=S) groups is 1. The number of aliphatic carboxylic acids is 1. The first-order valence-corrected chi connectivity index (χ1v) is 8.28. The van der Waals surface area contributed by atoms with Crippen LogP contribution in [0, 0.1) is 5.92 Å². The Morgan fingerprint density at radius 3 is 2.25 bits per heavy atom. The summed E-state index contributed by atoms with van der Waals surface area (Å²) >= 11 is 6.21. The van der Waals surface area contributed by atoms with E-state index in [1.54, 1.807) is 32.1 Å². The minimum Gasteiger partial charge on any atom is -0.480 e. The smallest absolute Gasteiger partial charge is 0.335 e. The van der Waals surface area contributed by atoms with Crippen molar-refractivity contribution in [2.24, 2.45) is 5.92 Å². The Bertz CT molecular complexity index is 739. The van der Waals surface area contributed by atoms with Gasteiger partial charge in [0.2, 0.25) is 0 Å². The molecule has 1 saturated heterocycles. The van der Waals surface area contributed by atoms with Gasteiger partial charge in [0.15, 0.2) is 0 Å². The van der Waals surface area contributed by atoms with Gasteiger partial charge in [0, 0.05) is 0 Å². The number of benzene rings is 1. The van der Waals surface area contributed by atoms with E-state index in [1.807, 2.05) is 0 Å². The van der Waals surface area contributed by atoms with E-state index in [0.717, 1.165) is 16.7 Å². The zero-order chi connectivity index (χ0) is 18.0. The van der Waals surface area contributed by atoms with E-state index in [1.165, 1.54) is 12.1 Å². The molecule has 126 valence electrons. The SMILES string of the molecule is CC(C)C(C(=O)O)N1C(=O)/C(=C\c2ccc(C(=O)O)cc2)SC1=S. The van der Waals surface area contributed by atoms with Crippen LogP contribution in [0.3, 0.4) is 0 Å². The van der Waals surface area contributed by atoms with Crippen molar-refractivity contribution < 1.29 is 24.6 Å². The zero-order valence-corrected chi connectivity index (χ0v) is 14.6. The molecule has 1 aromatic carbocycles. The molecule has 0 radical (unpaired) electrons. The second kappa shape index (κ2) is 7.14. The average Bonchev–Trinajstić information content (AvgIpc) is 2.75. The Morgan fingerprint density at radius 1 is 1.21 bits per heavy atom. The summed E-state index contributed by atoms with van der Waals surface area (Å²) in [6, 6.07) is 5.00. The fourth-order valence-corrected chi connectivity index (χ4v) is 3.62. The van der Waals surface area contributed by atoms with Gasteiger partial charge in [-0.05, 0) is 29.7 Å². The summed E-state index contributed by atoms with van der Waals surface area (Å²) in [6.07, 6.45) is 1.57.